The lowest BCUT2D eigenvalue weighted by molar-refractivity contribution is 0.378. The Balaban J connectivity index is 3.06. The molecule has 1 aromatic rings. The molecule has 0 fully saturated rings. The van der Waals surface area contributed by atoms with Crippen LogP contribution in [0.4, 0.5) is 11.9 Å². The fourth-order valence-electron chi connectivity index (χ4n) is 1.56. The van der Waals surface area contributed by atoms with Gasteiger partial charge >= 0.3 is 6.01 Å². The Morgan fingerprint density at radius 3 is 2.63 bits per heavy atom. The number of hydrogen-bond acceptors (Lipinski definition) is 7. The molecule has 7 nitrogen and oxygen atoms in total. The highest BCUT2D eigenvalue weighted by molar-refractivity contribution is 5.39. The van der Waals surface area contributed by atoms with E-state index in [0.29, 0.717) is 31.4 Å². The van der Waals surface area contributed by atoms with Gasteiger partial charge in [0.25, 0.3) is 0 Å². The van der Waals surface area contributed by atoms with Crippen LogP contribution in [0.3, 0.4) is 0 Å². The number of anilines is 2. The smallest absolute Gasteiger partial charge is 0.322 e. The number of aromatic nitrogens is 3. The Morgan fingerprint density at radius 1 is 1.37 bits per heavy atom. The van der Waals surface area contributed by atoms with Crippen LogP contribution in [0, 0.1) is 11.3 Å². The van der Waals surface area contributed by atoms with Gasteiger partial charge in [-0.15, -0.1) is 0 Å². The van der Waals surface area contributed by atoms with E-state index in [2.05, 4.69) is 26.3 Å². The summed E-state index contributed by atoms with van der Waals surface area (Å²) in [6.45, 7) is 7.31. The van der Waals surface area contributed by atoms with Crippen molar-refractivity contribution >= 4 is 11.9 Å². The van der Waals surface area contributed by atoms with Crippen LogP contribution in [-0.4, -0.2) is 41.2 Å². The summed E-state index contributed by atoms with van der Waals surface area (Å²) >= 11 is 0. The molecule has 0 spiro atoms. The van der Waals surface area contributed by atoms with Crippen molar-refractivity contribution in [3.8, 4) is 12.1 Å². The van der Waals surface area contributed by atoms with Crippen LogP contribution in [0.2, 0.25) is 0 Å². The second-order valence-corrected chi connectivity index (χ2v) is 4.17. The van der Waals surface area contributed by atoms with Gasteiger partial charge in [-0.25, -0.2) is 0 Å². The number of nitriles is 1. The lowest BCUT2D eigenvalue weighted by Crippen LogP contribution is -2.33. The minimum Gasteiger partial charge on any atom is -0.467 e. The normalized spacial score (nSPS) is 10.1. The number of rotatable bonds is 7. The van der Waals surface area contributed by atoms with E-state index >= 15 is 0 Å². The number of hydrogen-bond donors (Lipinski definition) is 1. The predicted octanol–water partition coefficient (Wildman–Crippen LogP) is 1.44. The number of nitrogens with zero attached hydrogens (tertiary/aromatic N) is 5. The van der Waals surface area contributed by atoms with Crippen molar-refractivity contribution in [1.29, 1.82) is 5.26 Å². The van der Waals surface area contributed by atoms with Crippen molar-refractivity contribution in [1.82, 2.24) is 15.0 Å². The van der Waals surface area contributed by atoms with E-state index in [-0.39, 0.29) is 12.1 Å². The summed E-state index contributed by atoms with van der Waals surface area (Å²) in [5.41, 5.74) is 0. The van der Waals surface area contributed by atoms with Crippen molar-refractivity contribution in [2.24, 2.45) is 0 Å². The van der Waals surface area contributed by atoms with Crippen LogP contribution in [0.1, 0.15) is 27.2 Å². The second-order valence-electron chi connectivity index (χ2n) is 4.17. The summed E-state index contributed by atoms with van der Waals surface area (Å²) in [6, 6.07) is 2.59. The molecule has 0 amide bonds. The van der Waals surface area contributed by atoms with Crippen LogP contribution in [-0.2, 0) is 0 Å². The van der Waals surface area contributed by atoms with E-state index in [1.807, 2.05) is 25.7 Å². The molecule has 1 rings (SSSR count). The monoisotopic (exact) mass is 264 g/mol. The van der Waals surface area contributed by atoms with Gasteiger partial charge in [-0.3, -0.25) is 0 Å². The molecule has 0 bridgehead atoms. The molecule has 0 aromatic carbocycles. The second kappa shape index (κ2) is 7.36. The molecule has 0 saturated heterocycles. The molecule has 0 atom stereocenters. The minimum atomic E-state index is 0.190. The first kappa shape index (κ1) is 15.0. The third-order valence-corrected chi connectivity index (χ3v) is 2.47. The van der Waals surface area contributed by atoms with Crippen molar-refractivity contribution in [2.45, 2.75) is 33.2 Å². The summed E-state index contributed by atoms with van der Waals surface area (Å²) in [4.78, 5) is 14.7. The molecule has 7 heteroatoms. The number of nitrogens with one attached hydrogen (secondary N) is 1. The Hall–Kier alpha value is -2.10. The molecule has 1 aromatic heterocycles. The van der Waals surface area contributed by atoms with Gasteiger partial charge < -0.3 is 15.0 Å². The van der Waals surface area contributed by atoms with Crippen LogP contribution in [0.5, 0.6) is 6.01 Å². The zero-order valence-electron chi connectivity index (χ0n) is 11.8. The van der Waals surface area contributed by atoms with E-state index in [4.69, 9.17) is 10.00 Å². The van der Waals surface area contributed by atoms with Crippen LogP contribution in [0.25, 0.3) is 0 Å². The minimum absolute atomic E-state index is 0.190. The van der Waals surface area contributed by atoms with Crippen LogP contribution in [0.15, 0.2) is 0 Å². The molecule has 0 aliphatic rings. The third-order valence-electron chi connectivity index (χ3n) is 2.47. The topological polar surface area (TPSA) is 87.0 Å². The molecule has 1 N–H and O–H groups in total. The molecule has 0 aliphatic carbocycles. The first-order valence-corrected chi connectivity index (χ1v) is 6.29. The Kier molecular flexibility index (Phi) is 5.79. The molecule has 19 heavy (non-hydrogen) atoms. The molecule has 1 heterocycles. The maximum Gasteiger partial charge on any atom is 0.322 e. The summed E-state index contributed by atoms with van der Waals surface area (Å²) in [5, 5.41) is 11.8. The lowest BCUT2D eigenvalue weighted by atomic mass is 10.3. The molecule has 0 unspecified atom stereocenters. The zero-order valence-corrected chi connectivity index (χ0v) is 11.8. The van der Waals surface area contributed by atoms with E-state index in [9.17, 15) is 0 Å². The van der Waals surface area contributed by atoms with E-state index in [1.54, 1.807) is 0 Å². The summed E-state index contributed by atoms with van der Waals surface area (Å²) in [5.74, 6) is 1.00. The van der Waals surface area contributed by atoms with Crippen LogP contribution >= 0.6 is 0 Å². The van der Waals surface area contributed by atoms with Gasteiger partial charge in [-0.1, -0.05) is 0 Å². The first-order chi connectivity index (χ1) is 9.12. The van der Waals surface area contributed by atoms with Gasteiger partial charge in [0, 0.05) is 19.1 Å². The fourth-order valence-corrected chi connectivity index (χ4v) is 1.56. The van der Waals surface area contributed by atoms with E-state index in [1.165, 1.54) is 7.11 Å². The van der Waals surface area contributed by atoms with Crippen molar-refractivity contribution in [3.63, 3.8) is 0 Å². The Bertz CT molecular complexity index is 442. The molecule has 0 saturated carbocycles. The van der Waals surface area contributed by atoms with Crippen LogP contribution < -0.4 is 15.0 Å². The highest BCUT2D eigenvalue weighted by Gasteiger charge is 2.16. The number of ether oxygens (including phenoxy) is 1. The van der Waals surface area contributed by atoms with Gasteiger partial charge in [0.05, 0.1) is 19.6 Å². The predicted molar refractivity (Wildman–Crippen MR) is 73.3 cm³/mol. The molecule has 104 valence electrons. The molecular weight excluding hydrogens is 244 g/mol. The highest BCUT2D eigenvalue weighted by Crippen LogP contribution is 2.17. The largest absolute Gasteiger partial charge is 0.467 e. The first-order valence-electron chi connectivity index (χ1n) is 6.29. The van der Waals surface area contributed by atoms with Gasteiger partial charge in [-0.2, -0.15) is 20.2 Å². The van der Waals surface area contributed by atoms with Crippen molar-refractivity contribution < 1.29 is 4.74 Å². The summed E-state index contributed by atoms with van der Waals surface area (Å²) in [7, 11) is 1.52. The number of methoxy groups -OCH3 is 1. The van der Waals surface area contributed by atoms with Gasteiger partial charge in [-0.05, 0) is 20.8 Å². The maximum atomic E-state index is 8.72. The Labute approximate surface area is 113 Å². The average molecular weight is 264 g/mol. The summed E-state index contributed by atoms with van der Waals surface area (Å²) in [6.07, 6.45) is 0.419. The van der Waals surface area contributed by atoms with Gasteiger partial charge in [0.2, 0.25) is 11.9 Å². The lowest BCUT2D eigenvalue weighted by Gasteiger charge is -2.26. The zero-order chi connectivity index (χ0) is 14.3. The average Bonchev–Trinajstić information content (AvgIpc) is 2.39. The SMILES string of the molecule is CCNc1nc(OC)nc(N(CCC#N)C(C)C)n1. The highest BCUT2D eigenvalue weighted by atomic mass is 16.5. The standard InChI is InChI=1S/C12H20N6O/c1-5-14-10-15-11(17-12(16-10)19-4)18(9(2)3)8-6-7-13/h9H,5-6,8H2,1-4H3,(H,14,15,16,17). The molecule has 0 aliphatic heterocycles. The molecular formula is C12H20N6O. The maximum absolute atomic E-state index is 8.72. The quantitative estimate of drug-likeness (QED) is 0.797. The van der Waals surface area contributed by atoms with E-state index < -0.39 is 0 Å². The summed E-state index contributed by atoms with van der Waals surface area (Å²) < 4.78 is 5.08. The van der Waals surface area contributed by atoms with Crippen molar-refractivity contribution in [3.05, 3.63) is 0 Å². The van der Waals surface area contributed by atoms with E-state index in [0.717, 1.165) is 0 Å². The fraction of sp³-hybridized carbons (Fsp3) is 0.667. The van der Waals surface area contributed by atoms with Gasteiger partial charge in [0.1, 0.15) is 0 Å². The van der Waals surface area contributed by atoms with Gasteiger partial charge in [0.15, 0.2) is 0 Å². The van der Waals surface area contributed by atoms with Crippen molar-refractivity contribution in [2.75, 3.05) is 30.4 Å². The Morgan fingerprint density at radius 2 is 2.11 bits per heavy atom. The third kappa shape index (κ3) is 4.25. The molecule has 0 radical (unpaired) electrons.